The minimum absolute atomic E-state index is 0.125. The molecule has 0 aliphatic carbocycles. The van der Waals surface area contributed by atoms with E-state index in [0.717, 1.165) is 25.0 Å². The number of hydrogen-bond donors (Lipinski definition) is 1. The topological polar surface area (TPSA) is 41.6 Å². The molecule has 1 fully saturated rings. The zero-order chi connectivity index (χ0) is 17.2. The highest BCUT2D eigenvalue weighted by Crippen LogP contribution is 2.23. The Morgan fingerprint density at radius 3 is 2.65 bits per heavy atom. The van der Waals surface area contributed by atoms with E-state index in [-0.39, 0.29) is 18.3 Å². The molecule has 128 valence electrons. The van der Waals surface area contributed by atoms with Gasteiger partial charge in [0.15, 0.2) is 17.5 Å². The molecular weight excluding hydrogens is 309 g/mol. The highest BCUT2D eigenvalue weighted by molar-refractivity contribution is 5.69. The van der Waals surface area contributed by atoms with Crippen LogP contribution in [0.1, 0.15) is 33.6 Å². The second-order valence-corrected chi connectivity index (χ2v) is 6.57. The first kappa shape index (κ1) is 17.4. The van der Waals surface area contributed by atoms with Crippen LogP contribution in [0.5, 0.6) is 0 Å². The van der Waals surface area contributed by atoms with Crippen LogP contribution in [0.15, 0.2) is 12.1 Å². The van der Waals surface area contributed by atoms with E-state index < -0.39 is 29.1 Å². The van der Waals surface area contributed by atoms with Crippen molar-refractivity contribution in [2.45, 2.75) is 45.3 Å². The number of ether oxygens (including phenoxy) is 1. The van der Waals surface area contributed by atoms with Gasteiger partial charge in [0.05, 0.1) is 11.7 Å². The van der Waals surface area contributed by atoms with Gasteiger partial charge in [-0.2, -0.15) is 0 Å². The van der Waals surface area contributed by atoms with Gasteiger partial charge in [0.25, 0.3) is 0 Å². The molecule has 1 N–H and O–H groups in total. The maximum atomic E-state index is 13.6. The molecule has 1 aliphatic heterocycles. The average molecular weight is 330 g/mol. The number of rotatable bonds is 3. The number of carbonyl (C=O) groups excluding carboxylic acids is 1. The third kappa shape index (κ3) is 4.30. The molecule has 1 aliphatic rings. The Morgan fingerprint density at radius 2 is 2.00 bits per heavy atom. The Labute approximate surface area is 133 Å². The first-order valence-corrected chi connectivity index (χ1v) is 7.56. The van der Waals surface area contributed by atoms with Crippen molar-refractivity contribution in [3.8, 4) is 0 Å². The summed E-state index contributed by atoms with van der Waals surface area (Å²) in [5, 5.41) is 2.74. The number of halogens is 3. The van der Waals surface area contributed by atoms with Crippen molar-refractivity contribution in [1.29, 1.82) is 0 Å². The van der Waals surface area contributed by atoms with Crippen LogP contribution < -0.4 is 5.32 Å². The van der Waals surface area contributed by atoms with E-state index in [2.05, 4.69) is 5.32 Å². The van der Waals surface area contributed by atoms with Gasteiger partial charge < -0.3 is 15.0 Å². The Bertz CT molecular complexity index is 587. The predicted octanol–water partition coefficient (Wildman–Crippen LogP) is 3.92. The minimum Gasteiger partial charge on any atom is -0.444 e. The summed E-state index contributed by atoms with van der Waals surface area (Å²) in [7, 11) is 0. The number of hydrogen-bond acceptors (Lipinski definition) is 3. The largest absolute Gasteiger partial charge is 0.444 e. The van der Waals surface area contributed by atoms with Gasteiger partial charge in [0.2, 0.25) is 0 Å². The van der Waals surface area contributed by atoms with Crippen LogP contribution in [0.2, 0.25) is 0 Å². The van der Waals surface area contributed by atoms with Crippen LogP contribution in [-0.4, -0.2) is 35.7 Å². The summed E-state index contributed by atoms with van der Waals surface area (Å²) in [4.78, 5) is 13.7. The van der Waals surface area contributed by atoms with E-state index in [1.165, 1.54) is 0 Å². The molecule has 1 unspecified atom stereocenters. The van der Waals surface area contributed by atoms with Crippen molar-refractivity contribution in [2.75, 3.05) is 18.4 Å². The van der Waals surface area contributed by atoms with Gasteiger partial charge in [0.1, 0.15) is 5.60 Å². The van der Waals surface area contributed by atoms with Crippen molar-refractivity contribution >= 4 is 11.8 Å². The fourth-order valence-electron chi connectivity index (χ4n) is 2.50. The Morgan fingerprint density at radius 1 is 1.30 bits per heavy atom. The van der Waals surface area contributed by atoms with Crippen molar-refractivity contribution < 1.29 is 22.7 Å². The van der Waals surface area contributed by atoms with Crippen LogP contribution in [0.3, 0.4) is 0 Å². The molecule has 0 aromatic heterocycles. The summed E-state index contributed by atoms with van der Waals surface area (Å²) < 4.78 is 45.1. The van der Waals surface area contributed by atoms with E-state index in [1.54, 1.807) is 25.7 Å². The number of likely N-dealkylation sites (tertiary alicyclic amines) is 1. The summed E-state index contributed by atoms with van der Waals surface area (Å²) in [6, 6.07) is 1.82. The highest BCUT2D eigenvalue weighted by Gasteiger charge is 2.32. The van der Waals surface area contributed by atoms with Crippen LogP contribution >= 0.6 is 0 Å². The van der Waals surface area contributed by atoms with Gasteiger partial charge in [-0.05, 0) is 45.7 Å². The molecule has 1 atom stereocenters. The third-order valence-electron chi connectivity index (χ3n) is 3.57. The number of benzene rings is 1. The SMILES string of the molecule is CC(C)(C)OC(=O)N1CCCC1CNc1ccc(F)c(F)c1F. The second kappa shape index (κ2) is 6.68. The van der Waals surface area contributed by atoms with Gasteiger partial charge in [-0.1, -0.05) is 0 Å². The lowest BCUT2D eigenvalue weighted by molar-refractivity contribution is 0.0235. The average Bonchev–Trinajstić information content (AvgIpc) is 2.91. The molecule has 1 saturated heterocycles. The molecule has 7 heteroatoms. The molecule has 2 rings (SSSR count). The molecule has 0 saturated carbocycles. The molecule has 1 aromatic rings. The maximum absolute atomic E-state index is 13.6. The molecule has 0 spiro atoms. The Hall–Kier alpha value is -1.92. The molecule has 1 aromatic carbocycles. The number of nitrogens with zero attached hydrogens (tertiary/aromatic N) is 1. The van der Waals surface area contributed by atoms with E-state index in [9.17, 15) is 18.0 Å². The van der Waals surface area contributed by atoms with Crippen LogP contribution in [-0.2, 0) is 4.74 Å². The fourth-order valence-corrected chi connectivity index (χ4v) is 2.50. The van der Waals surface area contributed by atoms with Crippen molar-refractivity contribution in [3.63, 3.8) is 0 Å². The molecule has 4 nitrogen and oxygen atoms in total. The lowest BCUT2D eigenvalue weighted by Gasteiger charge is -2.29. The molecule has 23 heavy (non-hydrogen) atoms. The monoisotopic (exact) mass is 330 g/mol. The summed E-state index contributed by atoms with van der Waals surface area (Å²) >= 11 is 0. The smallest absolute Gasteiger partial charge is 0.410 e. The van der Waals surface area contributed by atoms with Crippen LogP contribution in [0.25, 0.3) is 0 Å². The van der Waals surface area contributed by atoms with E-state index in [1.807, 2.05) is 0 Å². The number of amides is 1. The highest BCUT2D eigenvalue weighted by atomic mass is 19.2. The fraction of sp³-hybridized carbons (Fsp3) is 0.562. The Kier molecular flexibility index (Phi) is 5.06. The molecule has 1 heterocycles. The van der Waals surface area contributed by atoms with Crippen molar-refractivity contribution in [2.24, 2.45) is 0 Å². The zero-order valence-corrected chi connectivity index (χ0v) is 13.5. The van der Waals surface area contributed by atoms with Gasteiger partial charge in [-0.25, -0.2) is 18.0 Å². The quantitative estimate of drug-likeness (QED) is 0.854. The first-order valence-electron chi connectivity index (χ1n) is 7.56. The number of carbonyl (C=O) groups is 1. The Balaban J connectivity index is 2.00. The van der Waals surface area contributed by atoms with E-state index in [4.69, 9.17) is 4.74 Å². The first-order chi connectivity index (χ1) is 10.7. The maximum Gasteiger partial charge on any atom is 0.410 e. The van der Waals surface area contributed by atoms with Crippen LogP contribution in [0, 0.1) is 17.5 Å². The molecule has 1 amide bonds. The minimum atomic E-state index is -1.51. The molecule has 0 bridgehead atoms. The zero-order valence-electron chi connectivity index (χ0n) is 13.5. The predicted molar refractivity (Wildman–Crippen MR) is 80.8 cm³/mol. The van der Waals surface area contributed by atoms with E-state index >= 15 is 0 Å². The summed E-state index contributed by atoms with van der Waals surface area (Å²) in [5.74, 6) is -4.00. The standard InChI is InChI=1S/C16H21F3N2O2/c1-16(2,3)23-15(22)21-8-4-5-10(21)9-20-12-7-6-11(17)13(18)14(12)19/h6-7,10,20H,4-5,8-9H2,1-3H3. The van der Waals surface area contributed by atoms with E-state index in [0.29, 0.717) is 6.54 Å². The number of nitrogens with one attached hydrogen (secondary N) is 1. The second-order valence-electron chi connectivity index (χ2n) is 6.57. The lowest BCUT2D eigenvalue weighted by atomic mass is 10.2. The number of anilines is 1. The molecular formula is C16H21F3N2O2. The van der Waals surface area contributed by atoms with Crippen molar-refractivity contribution in [1.82, 2.24) is 4.90 Å². The van der Waals surface area contributed by atoms with Gasteiger partial charge in [0, 0.05) is 13.1 Å². The third-order valence-corrected chi connectivity index (χ3v) is 3.57. The lowest BCUT2D eigenvalue weighted by Crippen LogP contribution is -2.42. The van der Waals surface area contributed by atoms with Crippen LogP contribution in [0.4, 0.5) is 23.7 Å². The van der Waals surface area contributed by atoms with Crippen molar-refractivity contribution in [3.05, 3.63) is 29.6 Å². The van der Waals surface area contributed by atoms with Gasteiger partial charge in [-0.3, -0.25) is 0 Å². The van der Waals surface area contributed by atoms with Gasteiger partial charge >= 0.3 is 6.09 Å². The van der Waals surface area contributed by atoms with Gasteiger partial charge in [-0.15, -0.1) is 0 Å². The summed E-state index contributed by atoms with van der Waals surface area (Å²) in [6.45, 7) is 6.14. The normalized spacial score (nSPS) is 18.2. The molecule has 0 radical (unpaired) electrons. The summed E-state index contributed by atoms with van der Waals surface area (Å²) in [6.07, 6.45) is 1.12. The summed E-state index contributed by atoms with van der Waals surface area (Å²) in [5.41, 5.74) is -0.718.